The van der Waals surface area contributed by atoms with E-state index >= 15 is 0 Å². The summed E-state index contributed by atoms with van der Waals surface area (Å²) in [6, 6.07) is 0. The fourth-order valence-electron chi connectivity index (χ4n) is 1.61. The van der Waals surface area contributed by atoms with Gasteiger partial charge in [0, 0.05) is 12.8 Å². The lowest BCUT2D eigenvalue weighted by atomic mass is 10.2. The van der Waals surface area contributed by atoms with E-state index in [0.29, 0.717) is 22.9 Å². The minimum Gasteiger partial charge on any atom is -0.469 e. The largest absolute Gasteiger partial charge is 0.469 e. The molecule has 0 saturated carbocycles. The van der Waals surface area contributed by atoms with Crippen LogP contribution in [0.3, 0.4) is 0 Å². The average Bonchev–Trinajstić information content (AvgIpc) is 2.71. The first-order valence-electron chi connectivity index (χ1n) is 5.83. The van der Waals surface area contributed by atoms with Crippen molar-refractivity contribution in [1.82, 2.24) is 9.78 Å². The highest BCUT2D eigenvalue weighted by Gasteiger charge is 2.27. The second-order valence-corrected chi connectivity index (χ2v) is 5.08. The summed E-state index contributed by atoms with van der Waals surface area (Å²) in [5.41, 5.74) is 0.493. The molecule has 1 rings (SSSR count). The number of aromatic nitrogens is 2. The maximum Gasteiger partial charge on any atom is 0.323 e. The van der Waals surface area contributed by atoms with Crippen LogP contribution in [0.5, 0.6) is 0 Å². The standard InChI is InChI=1S/C11H17N3O4S/c1-5-8-9(14(16)17)10(13(3)12-8)19-6-7(2)11(15)18-4/h7H,5-6H2,1-4H3. The van der Waals surface area contributed by atoms with Gasteiger partial charge in [0.25, 0.3) is 0 Å². The fraction of sp³-hybridized carbons (Fsp3) is 0.636. The molecule has 1 aromatic rings. The first-order chi connectivity index (χ1) is 8.92. The van der Waals surface area contributed by atoms with Gasteiger partial charge in [0.15, 0.2) is 5.03 Å². The highest BCUT2D eigenvalue weighted by molar-refractivity contribution is 7.99. The van der Waals surface area contributed by atoms with Gasteiger partial charge in [-0.15, -0.1) is 0 Å². The van der Waals surface area contributed by atoms with Gasteiger partial charge >= 0.3 is 11.7 Å². The van der Waals surface area contributed by atoms with E-state index < -0.39 is 4.92 Å². The van der Waals surface area contributed by atoms with Gasteiger partial charge in [0.05, 0.1) is 18.0 Å². The predicted octanol–water partition coefficient (Wildman–Crippen LogP) is 1.79. The number of rotatable bonds is 6. The Morgan fingerprint density at radius 2 is 2.26 bits per heavy atom. The molecule has 8 heteroatoms. The van der Waals surface area contributed by atoms with Crippen molar-refractivity contribution in [3.63, 3.8) is 0 Å². The minimum absolute atomic E-state index is 0.0343. The highest BCUT2D eigenvalue weighted by Crippen LogP contribution is 2.33. The van der Waals surface area contributed by atoms with Crippen LogP contribution < -0.4 is 0 Å². The Bertz CT molecular complexity index is 487. The molecule has 0 aromatic carbocycles. The van der Waals surface area contributed by atoms with Crippen molar-refractivity contribution >= 4 is 23.4 Å². The third-order valence-corrected chi connectivity index (χ3v) is 4.03. The molecule has 0 radical (unpaired) electrons. The number of ether oxygens (including phenoxy) is 1. The van der Waals surface area contributed by atoms with Crippen LogP contribution in [0, 0.1) is 16.0 Å². The van der Waals surface area contributed by atoms with Crippen molar-refractivity contribution in [3.05, 3.63) is 15.8 Å². The third kappa shape index (κ3) is 3.46. The second-order valence-electron chi connectivity index (χ2n) is 4.07. The fourth-order valence-corrected chi connectivity index (χ4v) is 2.71. The zero-order valence-corrected chi connectivity index (χ0v) is 12.2. The van der Waals surface area contributed by atoms with Crippen molar-refractivity contribution in [2.24, 2.45) is 13.0 Å². The number of nitro groups is 1. The first kappa shape index (κ1) is 15.5. The van der Waals surface area contributed by atoms with E-state index in [1.807, 2.05) is 6.92 Å². The van der Waals surface area contributed by atoms with Gasteiger partial charge in [-0.2, -0.15) is 5.10 Å². The summed E-state index contributed by atoms with van der Waals surface area (Å²) >= 11 is 1.25. The molecule has 0 aliphatic carbocycles. The summed E-state index contributed by atoms with van der Waals surface area (Å²) in [6.45, 7) is 3.54. The van der Waals surface area contributed by atoms with Crippen LogP contribution in [0.15, 0.2) is 5.03 Å². The monoisotopic (exact) mass is 287 g/mol. The van der Waals surface area contributed by atoms with E-state index in [2.05, 4.69) is 9.84 Å². The zero-order chi connectivity index (χ0) is 14.6. The minimum atomic E-state index is -0.420. The Labute approximate surface area is 115 Å². The number of aryl methyl sites for hydroxylation is 2. The Morgan fingerprint density at radius 1 is 1.63 bits per heavy atom. The Morgan fingerprint density at radius 3 is 2.74 bits per heavy atom. The van der Waals surface area contributed by atoms with Crippen molar-refractivity contribution < 1.29 is 14.5 Å². The molecule has 0 N–H and O–H groups in total. The van der Waals surface area contributed by atoms with Crippen LogP contribution in [0.2, 0.25) is 0 Å². The summed E-state index contributed by atoms with van der Waals surface area (Å²) in [6.07, 6.45) is 0.497. The smallest absolute Gasteiger partial charge is 0.323 e. The number of carbonyl (C=O) groups excluding carboxylic acids is 1. The average molecular weight is 287 g/mol. The van der Waals surface area contributed by atoms with Gasteiger partial charge in [0.2, 0.25) is 0 Å². The number of hydrogen-bond acceptors (Lipinski definition) is 6. The van der Waals surface area contributed by atoms with Crippen molar-refractivity contribution in [2.45, 2.75) is 25.3 Å². The van der Waals surface area contributed by atoms with E-state index in [-0.39, 0.29) is 17.6 Å². The van der Waals surface area contributed by atoms with Crippen molar-refractivity contribution in [1.29, 1.82) is 0 Å². The molecule has 0 fully saturated rings. The lowest BCUT2D eigenvalue weighted by Crippen LogP contribution is -2.15. The van der Waals surface area contributed by atoms with Crippen molar-refractivity contribution in [2.75, 3.05) is 12.9 Å². The first-order valence-corrected chi connectivity index (χ1v) is 6.81. The summed E-state index contributed by atoms with van der Waals surface area (Å²) < 4.78 is 6.12. The van der Waals surface area contributed by atoms with Gasteiger partial charge in [0.1, 0.15) is 5.69 Å². The van der Waals surface area contributed by atoms with Crippen LogP contribution in [-0.4, -0.2) is 33.5 Å². The van der Waals surface area contributed by atoms with Crippen LogP contribution >= 0.6 is 11.8 Å². The summed E-state index contributed by atoms with van der Waals surface area (Å²) in [5, 5.41) is 15.7. The lowest BCUT2D eigenvalue weighted by Gasteiger charge is -2.08. The van der Waals surface area contributed by atoms with E-state index in [9.17, 15) is 14.9 Å². The molecule has 0 aliphatic heterocycles. The van der Waals surface area contributed by atoms with Gasteiger partial charge in [-0.1, -0.05) is 25.6 Å². The quantitative estimate of drug-likeness (QED) is 0.343. The molecule has 1 heterocycles. The number of methoxy groups -OCH3 is 1. The van der Waals surface area contributed by atoms with Gasteiger partial charge in [-0.25, -0.2) is 0 Å². The summed E-state index contributed by atoms with van der Waals surface area (Å²) in [5.74, 6) is -0.237. The van der Waals surface area contributed by atoms with E-state index in [1.165, 1.54) is 23.6 Å². The molecule has 106 valence electrons. The summed E-state index contributed by atoms with van der Waals surface area (Å²) in [7, 11) is 2.99. The van der Waals surface area contributed by atoms with Crippen LogP contribution in [0.4, 0.5) is 5.69 Å². The number of thioether (sulfide) groups is 1. The molecule has 0 amide bonds. The predicted molar refractivity (Wildman–Crippen MR) is 71.1 cm³/mol. The molecule has 1 unspecified atom stereocenters. The Kier molecular flexibility index (Phi) is 5.34. The SMILES string of the molecule is CCc1nn(C)c(SCC(C)C(=O)OC)c1[N+](=O)[O-]. The molecule has 0 bridgehead atoms. The molecular weight excluding hydrogens is 270 g/mol. The molecular formula is C11H17N3O4S. The molecule has 0 spiro atoms. The van der Waals surface area contributed by atoms with E-state index in [0.717, 1.165) is 0 Å². The number of nitrogens with zero attached hydrogens (tertiary/aromatic N) is 3. The topological polar surface area (TPSA) is 87.3 Å². The maximum absolute atomic E-state index is 11.3. The van der Waals surface area contributed by atoms with E-state index in [4.69, 9.17) is 0 Å². The normalized spacial score (nSPS) is 12.2. The summed E-state index contributed by atoms with van der Waals surface area (Å²) in [4.78, 5) is 22.0. The molecule has 19 heavy (non-hydrogen) atoms. The van der Waals surface area contributed by atoms with Crippen molar-refractivity contribution in [3.8, 4) is 0 Å². The molecule has 1 aromatic heterocycles. The van der Waals surface area contributed by atoms with E-state index in [1.54, 1.807) is 14.0 Å². The van der Waals surface area contributed by atoms with Crippen LogP contribution in [0.1, 0.15) is 19.5 Å². The maximum atomic E-state index is 11.3. The Hall–Kier alpha value is -1.57. The second kappa shape index (κ2) is 6.55. The highest BCUT2D eigenvalue weighted by atomic mass is 32.2. The zero-order valence-electron chi connectivity index (χ0n) is 11.4. The number of esters is 1. The van der Waals surface area contributed by atoms with Gasteiger partial charge < -0.3 is 4.74 Å². The molecule has 0 aliphatic rings. The van der Waals surface area contributed by atoms with Crippen LogP contribution in [-0.2, 0) is 23.0 Å². The number of carbonyl (C=O) groups is 1. The lowest BCUT2D eigenvalue weighted by molar-refractivity contribution is -0.388. The van der Waals surface area contributed by atoms with Gasteiger partial charge in [-0.3, -0.25) is 19.6 Å². The Balaban J connectivity index is 2.92. The molecule has 1 atom stereocenters. The van der Waals surface area contributed by atoms with Crippen LogP contribution in [0.25, 0.3) is 0 Å². The molecule has 0 saturated heterocycles. The third-order valence-electron chi connectivity index (χ3n) is 2.63. The molecule has 7 nitrogen and oxygen atoms in total. The van der Waals surface area contributed by atoms with Gasteiger partial charge in [-0.05, 0) is 6.42 Å². The number of hydrogen-bond donors (Lipinski definition) is 0.